The Hall–Kier alpha value is -2.69. The van der Waals surface area contributed by atoms with Gasteiger partial charge in [0, 0.05) is 62.8 Å². The van der Waals surface area contributed by atoms with Gasteiger partial charge < -0.3 is 24.1 Å². The Bertz CT molecular complexity index is 1090. The number of carbonyl (C=O) groups excluding carboxylic acids is 2. The van der Waals surface area contributed by atoms with Gasteiger partial charge in [-0.25, -0.2) is 4.79 Å². The molecular weight excluding hydrogens is 458 g/mol. The molecule has 0 radical (unpaired) electrons. The van der Waals surface area contributed by atoms with E-state index in [-0.39, 0.29) is 23.3 Å². The first-order valence-electron chi connectivity index (χ1n) is 11.6. The van der Waals surface area contributed by atoms with E-state index in [1.807, 2.05) is 12.1 Å². The molecule has 0 bridgehead atoms. The van der Waals surface area contributed by atoms with Gasteiger partial charge in [-0.1, -0.05) is 0 Å². The molecule has 2 aromatic heterocycles. The number of fused-ring (bicyclic) bond motifs is 1. The molecule has 1 fully saturated rings. The number of rotatable bonds is 7. The number of thiophene rings is 1. The number of anilines is 1. The lowest BCUT2D eigenvalue weighted by Crippen LogP contribution is -2.30. The number of pyridine rings is 1. The normalized spacial score (nSPS) is 18.6. The molecule has 1 amide bonds. The fraction of sp³-hybridized carbons (Fsp3) is 0.542. The van der Waals surface area contributed by atoms with Crippen molar-refractivity contribution in [2.45, 2.75) is 51.8 Å². The van der Waals surface area contributed by atoms with E-state index in [9.17, 15) is 14.4 Å². The van der Waals surface area contributed by atoms with Crippen LogP contribution in [-0.4, -0.2) is 60.9 Å². The average Bonchev–Trinajstić information content (AvgIpc) is 3.14. The molecular formula is C24H31N3O6S. The number of aromatic nitrogens is 1. The molecule has 1 saturated heterocycles. The van der Waals surface area contributed by atoms with E-state index in [1.54, 1.807) is 4.57 Å². The zero-order valence-electron chi connectivity index (χ0n) is 19.6. The van der Waals surface area contributed by atoms with Crippen molar-refractivity contribution in [1.29, 1.82) is 0 Å². The van der Waals surface area contributed by atoms with Crippen LogP contribution < -0.4 is 15.6 Å². The predicted octanol–water partition coefficient (Wildman–Crippen LogP) is 2.66. The predicted molar refractivity (Wildman–Crippen MR) is 129 cm³/mol. The highest BCUT2D eigenvalue weighted by atomic mass is 32.1. The highest BCUT2D eigenvalue weighted by Crippen LogP contribution is 2.27. The van der Waals surface area contributed by atoms with E-state index in [0.717, 1.165) is 29.1 Å². The van der Waals surface area contributed by atoms with Crippen molar-refractivity contribution in [2.75, 3.05) is 38.7 Å². The molecule has 1 unspecified atom stereocenters. The van der Waals surface area contributed by atoms with Crippen molar-refractivity contribution in [3.05, 3.63) is 44.7 Å². The van der Waals surface area contributed by atoms with Crippen LogP contribution in [0.1, 0.15) is 47.1 Å². The van der Waals surface area contributed by atoms with Crippen LogP contribution in [0.2, 0.25) is 0 Å². The van der Waals surface area contributed by atoms with Gasteiger partial charge in [-0.3, -0.25) is 14.5 Å². The van der Waals surface area contributed by atoms with Gasteiger partial charge in [0.15, 0.2) is 0 Å². The summed E-state index contributed by atoms with van der Waals surface area (Å²) < 4.78 is 18.4. The fourth-order valence-electron chi connectivity index (χ4n) is 4.43. The third kappa shape index (κ3) is 5.86. The quantitative estimate of drug-likeness (QED) is 0.597. The Morgan fingerprint density at radius 2 is 2.09 bits per heavy atom. The van der Waals surface area contributed by atoms with Gasteiger partial charge in [0.05, 0.1) is 18.2 Å². The topological polar surface area (TPSA) is 99.1 Å². The number of nitrogens with one attached hydrogen (secondary N) is 1. The molecule has 0 saturated carbocycles. The van der Waals surface area contributed by atoms with Gasteiger partial charge in [-0.05, 0) is 31.4 Å². The first-order chi connectivity index (χ1) is 16.4. The Morgan fingerprint density at radius 3 is 2.82 bits per heavy atom. The van der Waals surface area contributed by atoms with Crippen molar-refractivity contribution in [3.8, 4) is 5.75 Å². The maximum Gasteiger partial charge on any atom is 0.343 e. The molecule has 2 aromatic rings. The van der Waals surface area contributed by atoms with E-state index in [4.69, 9.17) is 14.2 Å². The zero-order valence-corrected chi connectivity index (χ0v) is 20.4. The standard InChI is InChI=1S/C24H31N3O6S/c1-16(28)25-21-7-6-18(34-21)14-26-9-8-19-23(24(30)31-2)20(13-22(29)27(19)11-10-26)33-15-17-5-3-4-12-32-17/h6-7,13,17H,3-5,8-12,14-15H2,1-2H3,(H,25,28). The van der Waals surface area contributed by atoms with Gasteiger partial charge in [0.2, 0.25) is 5.91 Å². The van der Waals surface area contributed by atoms with Crippen LogP contribution in [0.15, 0.2) is 23.0 Å². The fourth-order valence-corrected chi connectivity index (χ4v) is 5.43. The summed E-state index contributed by atoms with van der Waals surface area (Å²) in [5.41, 5.74) is 0.781. The lowest BCUT2D eigenvalue weighted by Gasteiger charge is -2.24. The number of esters is 1. The molecule has 2 aliphatic rings. The summed E-state index contributed by atoms with van der Waals surface area (Å²) in [5.74, 6) is -0.333. The first kappa shape index (κ1) is 24.4. The van der Waals surface area contributed by atoms with Gasteiger partial charge in [0.1, 0.15) is 17.9 Å². The molecule has 184 valence electrons. The SMILES string of the molecule is COC(=O)c1c(OCC2CCCCO2)cc(=O)n2c1CCN(Cc1ccc(NC(C)=O)s1)CC2. The molecule has 4 rings (SSSR count). The number of carbonyl (C=O) groups is 2. The Kier molecular flexibility index (Phi) is 8.02. The summed E-state index contributed by atoms with van der Waals surface area (Å²) in [6.07, 6.45) is 3.50. The minimum absolute atomic E-state index is 0.0375. The van der Waals surface area contributed by atoms with Gasteiger partial charge in [0.25, 0.3) is 5.56 Å². The van der Waals surface area contributed by atoms with Crippen molar-refractivity contribution in [2.24, 2.45) is 0 Å². The summed E-state index contributed by atoms with van der Waals surface area (Å²) in [5, 5.41) is 3.62. The third-order valence-corrected chi connectivity index (χ3v) is 7.10. The molecule has 0 aromatic carbocycles. The van der Waals surface area contributed by atoms with Crippen LogP contribution >= 0.6 is 11.3 Å². The first-order valence-corrected chi connectivity index (χ1v) is 12.4. The average molecular weight is 490 g/mol. The summed E-state index contributed by atoms with van der Waals surface area (Å²) in [4.78, 5) is 40.4. The van der Waals surface area contributed by atoms with Crippen LogP contribution in [0.25, 0.3) is 0 Å². The second-order valence-electron chi connectivity index (χ2n) is 8.58. The Labute approximate surface area is 202 Å². The van der Waals surface area contributed by atoms with Crippen LogP contribution in [0.4, 0.5) is 5.00 Å². The van der Waals surface area contributed by atoms with Crippen LogP contribution in [-0.2, 0) is 33.8 Å². The number of ether oxygens (including phenoxy) is 3. The lowest BCUT2D eigenvalue weighted by atomic mass is 10.1. The Morgan fingerprint density at radius 1 is 1.24 bits per heavy atom. The van der Waals surface area contributed by atoms with Crippen LogP contribution in [0.3, 0.4) is 0 Å². The van der Waals surface area contributed by atoms with E-state index >= 15 is 0 Å². The highest BCUT2D eigenvalue weighted by molar-refractivity contribution is 7.16. The monoisotopic (exact) mass is 489 g/mol. The molecule has 10 heteroatoms. The highest BCUT2D eigenvalue weighted by Gasteiger charge is 2.27. The summed E-state index contributed by atoms with van der Waals surface area (Å²) in [7, 11) is 1.34. The summed E-state index contributed by atoms with van der Waals surface area (Å²) in [6.45, 7) is 4.99. The van der Waals surface area contributed by atoms with Gasteiger partial charge in [-0.15, -0.1) is 11.3 Å². The zero-order chi connectivity index (χ0) is 24.1. The number of methoxy groups -OCH3 is 1. The lowest BCUT2D eigenvalue weighted by molar-refractivity contribution is -0.114. The van der Waals surface area contributed by atoms with E-state index in [2.05, 4.69) is 10.2 Å². The van der Waals surface area contributed by atoms with Crippen molar-refractivity contribution >= 4 is 28.2 Å². The van der Waals surface area contributed by atoms with Crippen LogP contribution in [0, 0.1) is 0 Å². The van der Waals surface area contributed by atoms with Gasteiger partial charge >= 0.3 is 5.97 Å². The molecule has 9 nitrogen and oxygen atoms in total. The molecule has 34 heavy (non-hydrogen) atoms. The number of hydrogen-bond donors (Lipinski definition) is 1. The molecule has 0 aliphatic carbocycles. The second-order valence-corrected chi connectivity index (χ2v) is 9.75. The largest absolute Gasteiger partial charge is 0.490 e. The maximum absolute atomic E-state index is 13.0. The van der Waals surface area contributed by atoms with E-state index < -0.39 is 5.97 Å². The third-order valence-electron chi connectivity index (χ3n) is 6.11. The van der Waals surface area contributed by atoms with Crippen molar-refractivity contribution in [1.82, 2.24) is 9.47 Å². The number of amides is 1. The molecule has 1 atom stereocenters. The van der Waals surface area contributed by atoms with Crippen LogP contribution in [0.5, 0.6) is 5.75 Å². The van der Waals surface area contributed by atoms with E-state index in [1.165, 1.54) is 31.4 Å². The molecule has 2 aliphatic heterocycles. The number of hydrogen-bond acceptors (Lipinski definition) is 8. The molecule has 0 spiro atoms. The van der Waals surface area contributed by atoms with E-state index in [0.29, 0.717) is 57.1 Å². The van der Waals surface area contributed by atoms with Gasteiger partial charge in [-0.2, -0.15) is 0 Å². The smallest absolute Gasteiger partial charge is 0.343 e. The summed E-state index contributed by atoms with van der Waals surface area (Å²) in [6, 6.07) is 5.29. The van der Waals surface area contributed by atoms with Crippen molar-refractivity contribution < 1.29 is 23.8 Å². The number of nitrogens with zero attached hydrogens (tertiary/aromatic N) is 2. The minimum atomic E-state index is -0.505. The minimum Gasteiger partial charge on any atom is -0.490 e. The summed E-state index contributed by atoms with van der Waals surface area (Å²) >= 11 is 1.53. The maximum atomic E-state index is 13.0. The second kappa shape index (κ2) is 11.2. The Balaban J connectivity index is 1.52. The molecule has 1 N–H and O–H groups in total. The van der Waals surface area contributed by atoms with Crippen molar-refractivity contribution in [3.63, 3.8) is 0 Å². The molecule has 4 heterocycles.